The monoisotopic (exact) mass is 1040 g/mol. The second-order valence-corrected chi connectivity index (χ2v) is 20.7. The fourth-order valence-corrected chi connectivity index (χ4v) is 8.98. The lowest BCUT2D eigenvalue weighted by Gasteiger charge is -2.41. The summed E-state index contributed by atoms with van der Waals surface area (Å²) in [5.74, 6) is -1.23. The molecule has 1 rings (SSSR count). The van der Waals surface area contributed by atoms with Crippen LogP contribution >= 0.6 is 0 Å². The van der Waals surface area contributed by atoms with Gasteiger partial charge in [-0.1, -0.05) is 222 Å². The first-order valence-electron chi connectivity index (χ1n) is 30.2. The molecule has 0 aromatic carbocycles. The van der Waals surface area contributed by atoms with Gasteiger partial charge in [-0.3, -0.25) is 9.59 Å². The van der Waals surface area contributed by atoms with Crippen molar-refractivity contribution in [3.05, 3.63) is 72.9 Å². The molecule has 11 heteroatoms. The summed E-state index contributed by atoms with van der Waals surface area (Å²) in [6, 6.07) is -1.04. The van der Waals surface area contributed by atoms with E-state index in [2.05, 4.69) is 86.8 Å². The van der Waals surface area contributed by atoms with Gasteiger partial charge < -0.3 is 45.1 Å². The molecular weight excluding hydrogens is 931 g/mol. The Morgan fingerprint density at radius 2 is 0.932 bits per heavy atom. The maximum atomic E-state index is 13.4. The first kappa shape index (κ1) is 69.1. The maximum absolute atomic E-state index is 13.4. The molecule has 6 N–H and O–H groups in total. The predicted octanol–water partition coefficient (Wildman–Crippen LogP) is 14.0. The Labute approximate surface area is 451 Å². The quantitative estimate of drug-likeness (QED) is 0.0195. The lowest BCUT2D eigenvalue weighted by Crippen LogP contribution is -2.61. The molecule has 8 unspecified atom stereocenters. The average Bonchev–Trinajstić information content (AvgIpc) is 3.40. The summed E-state index contributed by atoms with van der Waals surface area (Å²) >= 11 is 0. The number of allylic oxidation sites excluding steroid dienone is 11. The second kappa shape index (κ2) is 50.9. The number of esters is 1. The zero-order valence-corrected chi connectivity index (χ0v) is 47.2. The highest BCUT2D eigenvalue weighted by Crippen LogP contribution is 2.26. The fraction of sp³-hybridized carbons (Fsp3) is 0.778. The number of unbranched alkanes of at least 4 members (excludes halogenated alkanes) is 26. The van der Waals surface area contributed by atoms with Gasteiger partial charge in [-0.2, -0.15) is 0 Å². The predicted molar refractivity (Wildman–Crippen MR) is 306 cm³/mol. The van der Waals surface area contributed by atoms with Gasteiger partial charge in [-0.15, -0.1) is 0 Å². The number of hydrogen-bond acceptors (Lipinski definition) is 10. The number of carbonyl (C=O) groups is 2. The SMILES string of the molecule is CCCCC/C=C\C/C=C\C/C=C\C/C=C\CCCCCCC(O)C(=O)NC(COC1OC(CO)C(O)C(O)C1OC(=O)CCCCC/C=C\CCCCCCCC)C(O)/C=C/CCCCCCCCCCCC. The molecule has 8 atom stereocenters. The van der Waals surface area contributed by atoms with Crippen LogP contribution in [0, 0.1) is 0 Å². The van der Waals surface area contributed by atoms with Gasteiger partial charge in [0.25, 0.3) is 0 Å². The van der Waals surface area contributed by atoms with E-state index >= 15 is 0 Å². The van der Waals surface area contributed by atoms with E-state index in [0.717, 1.165) is 89.9 Å². The molecule has 0 radical (unpaired) electrons. The van der Waals surface area contributed by atoms with Gasteiger partial charge in [0, 0.05) is 6.42 Å². The number of carbonyl (C=O) groups excluding carboxylic acids is 2. The highest BCUT2D eigenvalue weighted by Gasteiger charge is 2.47. The Morgan fingerprint density at radius 3 is 1.43 bits per heavy atom. The number of aliphatic hydroxyl groups excluding tert-OH is 5. The molecule has 0 saturated carbocycles. The summed E-state index contributed by atoms with van der Waals surface area (Å²) in [7, 11) is 0. The van der Waals surface area contributed by atoms with Crippen LogP contribution in [0.5, 0.6) is 0 Å². The number of aliphatic hydroxyl groups is 5. The number of hydrogen-bond donors (Lipinski definition) is 6. The highest BCUT2D eigenvalue weighted by molar-refractivity contribution is 5.80. The van der Waals surface area contributed by atoms with Crippen molar-refractivity contribution < 1.29 is 49.3 Å². The molecule has 1 aliphatic rings. The van der Waals surface area contributed by atoms with Crippen molar-refractivity contribution in [3.8, 4) is 0 Å². The molecule has 0 aromatic rings. The summed E-state index contributed by atoms with van der Waals surface area (Å²) < 4.78 is 17.6. The van der Waals surface area contributed by atoms with Crippen LogP contribution < -0.4 is 5.32 Å². The minimum absolute atomic E-state index is 0.0987. The van der Waals surface area contributed by atoms with Crippen LogP contribution in [0.3, 0.4) is 0 Å². The van der Waals surface area contributed by atoms with Crippen LogP contribution in [0.1, 0.15) is 252 Å². The van der Waals surface area contributed by atoms with Crippen LogP contribution in [-0.4, -0.2) is 99.6 Å². The Bertz CT molecular complexity index is 1480. The van der Waals surface area contributed by atoms with E-state index < -0.39 is 67.4 Å². The van der Waals surface area contributed by atoms with E-state index in [0.29, 0.717) is 12.8 Å². The molecule has 428 valence electrons. The Hall–Kier alpha value is -2.90. The number of ether oxygens (including phenoxy) is 3. The van der Waals surface area contributed by atoms with Gasteiger partial charge in [0.05, 0.1) is 25.4 Å². The molecule has 11 nitrogen and oxygen atoms in total. The van der Waals surface area contributed by atoms with Crippen LogP contribution in [0.2, 0.25) is 0 Å². The minimum Gasteiger partial charge on any atom is -0.454 e. The third kappa shape index (κ3) is 38.6. The van der Waals surface area contributed by atoms with Crippen molar-refractivity contribution in [2.45, 2.75) is 301 Å². The standard InChI is InChI=1S/C63H111NO10/c1-4-7-10-13-16-19-22-25-26-27-28-29-30-31-33-35-38-41-44-47-50-56(67)62(71)64-54(55(66)49-46-43-40-37-34-24-21-18-15-12-9-6-3)53-72-63-61(60(70)59(69)57(52-65)73-63)74-58(68)51-48-45-42-39-36-32-23-20-17-14-11-8-5-2/h16,19,25-26,28-29,31-33,36,46,49,54-57,59-61,63,65-67,69-70H,4-15,17-18,20-24,27,30,34-35,37-45,47-48,50-53H2,1-3H3,(H,64,71)/b19-16-,26-25-,29-28-,33-31-,36-32-,49-46+. The minimum atomic E-state index is -1.62. The van der Waals surface area contributed by atoms with Gasteiger partial charge in [-0.25, -0.2) is 0 Å². The van der Waals surface area contributed by atoms with E-state index in [9.17, 15) is 35.1 Å². The summed E-state index contributed by atoms with van der Waals surface area (Å²) in [4.78, 5) is 26.5. The van der Waals surface area contributed by atoms with Crippen molar-refractivity contribution in [3.63, 3.8) is 0 Å². The number of nitrogens with one attached hydrogen (secondary N) is 1. The molecule has 0 bridgehead atoms. The van der Waals surface area contributed by atoms with Gasteiger partial charge in [0.2, 0.25) is 5.91 Å². The molecular formula is C63H111NO10. The van der Waals surface area contributed by atoms with Crippen molar-refractivity contribution in [2.24, 2.45) is 0 Å². The lowest BCUT2D eigenvalue weighted by molar-refractivity contribution is -0.305. The van der Waals surface area contributed by atoms with Crippen molar-refractivity contribution in [2.75, 3.05) is 13.2 Å². The average molecular weight is 1040 g/mol. The molecule has 74 heavy (non-hydrogen) atoms. The fourth-order valence-electron chi connectivity index (χ4n) is 8.98. The topological polar surface area (TPSA) is 175 Å². The van der Waals surface area contributed by atoms with Crippen LogP contribution in [0.15, 0.2) is 72.9 Å². The lowest BCUT2D eigenvalue weighted by atomic mass is 9.99. The molecule has 1 saturated heterocycles. The Balaban J connectivity index is 2.73. The Kier molecular flexibility index (Phi) is 47.5. The summed E-state index contributed by atoms with van der Waals surface area (Å²) in [6.07, 6.45) is 53.7. The van der Waals surface area contributed by atoms with Gasteiger partial charge >= 0.3 is 5.97 Å². The van der Waals surface area contributed by atoms with E-state index in [4.69, 9.17) is 14.2 Å². The van der Waals surface area contributed by atoms with E-state index in [1.54, 1.807) is 6.08 Å². The van der Waals surface area contributed by atoms with Gasteiger partial charge in [0.1, 0.15) is 24.4 Å². The van der Waals surface area contributed by atoms with Crippen LogP contribution in [-0.2, 0) is 23.8 Å². The molecule has 0 aliphatic carbocycles. The van der Waals surface area contributed by atoms with Crippen molar-refractivity contribution in [1.82, 2.24) is 5.32 Å². The first-order valence-corrected chi connectivity index (χ1v) is 30.2. The molecule has 1 heterocycles. The summed E-state index contributed by atoms with van der Waals surface area (Å²) in [5, 5.41) is 56.9. The van der Waals surface area contributed by atoms with Crippen LogP contribution in [0.4, 0.5) is 0 Å². The van der Waals surface area contributed by atoms with E-state index in [1.165, 1.54) is 116 Å². The zero-order valence-electron chi connectivity index (χ0n) is 47.2. The van der Waals surface area contributed by atoms with E-state index in [1.807, 2.05) is 6.08 Å². The molecule has 1 amide bonds. The molecule has 0 spiro atoms. The number of amides is 1. The summed E-state index contributed by atoms with van der Waals surface area (Å²) in [5.41, 5.74) is 0. The molecule has 1 aliphatic heterocycles. The highest BCUT2D eigenvalue weighted by atomic mass is 16.7. The number of rotatable bonds is 50. The third-order valence-electron chi connectivity index (χ3n) is 13.8. The van der Waals surface area contributed by atoms with Crippen LogP contribution in [0.25, 0.3) is 0 Å². The summed E-state index contributed by atoms with van der Waals surface area (Å²) in [6.45, 7) is 5.72. The van der Waals surface area contributed by atoms with Gasteiger partial charge in [-0.05, 0) is 96.3 Å². The Morgan fingerprint density at radius 1 is 0.527 bits per heavy atom. The largest absolute Gasteiger partial charge is 0.454 e. The smallest absolute Gasteiger partial charge is 0.306 e. The molecule has 1 fully saturated rings. The van der Waals surface area contributed by atoms with Crippen molar-refractivity contribution >= 4 is 11.9 Å². The molecule has 0 aromatic heterocycles. The maximum Gasteiger partial charge on any atom is 0.306 e. The normalized spacial score (nSPS) is 19.8. The first-order chi connectivity index (χ1) is 36.2. The van der Waals surface area contributed by atoms with E-state index in [-0.39, 0.29) is 19.4 Å². The second-order valence-electron chi connectivity index (χ2n) is 20.7. The third-order valence-corrected chi connectivity index (χ3v) is 13.8. The zero-order chi connectivity index (χ0) is 54.0. The van der Waals surface area contributed by atoms with Crippen molar-refractivity contribution in [1.29, 1.82) is 0 Å². The van der Waals surface area contributed by atoms with Gasteiger partial charge in [0.15, 0.2) is 12.4 Å².